The third-order valence-electron chi connectivity index (χ3n) is 3.03. The topological polar surface area (TPSA) is 61.8 Å². The largest absolute Gasteiger partial charge is 0.353 e. The molecule has 1 unspecified atom stereocenters. The third kappa shape index (κ3) is 10.3. The fraction of sp³-hybridized carbons (Fsp3) is 1.00. The van der Waals surface area contributed by atoms with E-state index in [1.165, 1.54) is 6.42 Å². The van der Waals surface area contributed by atoms with Crippen molar-refractivity contribution >= 4 is 10.1 Å². The molecule has 0 N–H and O–H groups in total. The Labute approximate surface area is 116 Å². The summed E-state index contributed by atoms with van der Waals surface area (Å²) in [6, 6.07) is 0. The van der Waals surface area contributed by atoms with Crippen LogP contribution in [-0.4, -0.2) is 40.8 Å². The fourth-order valence-corrected chi connectivity index (χ4v) is 2.42. The summed E-state index contributed by atoms with van der Waals surface area (Å²) in [7, 11) is -3.27. The number of hydrogen-bond donors (Lipinski definition) is 0. The molecule has 0 aromatic heterocycles. The highest BCUT2D eigenvalue weighted by molar-refractivity contribution is 7.85. The molecular weight excluding hydrogens is 268 g/mol. The lowest BCUT2D eigenvalue weighted by Crippen LogP contribution is -2.22. The number of unbranched alkanes of at least 4 members (excludes halogenated alkanes) is 4. The lowest BCUT2D eigenvalue weighted by atomic mass is 10.1. The predicted molar refractivity (Wildman–Crippen MR) is 73.4 cm³/mol. The second kappa shape index (κ2) is 9.69. The molecule has 1 heterocycles. The van der Waals surface area contributed by atoms with E-state index in [1.807, 2.05) is 0 Å². The highest BCUT2D eigenvalue weighted by Gasteiger charge is 2.13. The van der Waals surface area contributed by atoms with E-state index in [-0.39, 0.29) is 6.29 Å². The van der Waals surface area contributed by atoms with Crippen LogP contribution < -0.4 is 0 Å². The van der Waals surface area contributed by atoms with Crippen molar-refractivity contribution in [3.05, 3.63) is 0 Å². The molecule has 0 aromatic carbocycles. The quantitative estimate of drug-likeness (QED) is 0.457. The summed E-state index contributed by atoms with van der Waals surface area (Å²) in [5, 5.41) is 0. The van der Waals surface area contributed by atoms with Crippen LogP contribution in [0.15, 0.2) is 0 Å². The summed E-state index contributed by atoms with van der Waals surface area (Å²) in [5.41, 5.74) is 0. The van der Waals surface area contributed by atoms with Gasteiger partial charge in [0.1, 0.15) is 0 Å². The van der Waals surface area contributed by atoms with Gasteiger partial charge in [0.25, 0.3) is 10.1 Å². The SMILES string of the molecule is CS(=O)(=O)OCCCCCCCOC1CCCCO1. The van der Waals surface area contributed by atoms with E-state index >= 15 is 0 Å². The standard InChI is InChI=1S/C13H26O5S/c1-19(14,15)18-12-7-4-2-3-6-10-16-13-9-5-8-11-17-13/h13H,2-12H2,1H3. The van der Waals surface area contributed by atoms with Gasteiger partial charge >= 0.3 is 0 Å². The van der Waals surface area contributed by atoms with Crippen LogP contribution in [0.1, 0.15) is 51.4 Å². The van der Waals surface area contributed by atoms with Crippen molar-refractivity contribution in [2.24, 2.45) is 0 Å². The second-order valence-corrected chi connectivity index (χ2v) is 6.60. The molecule has 0 bridgehead atoms. The van der Waals surface area contributed by atoms with Crippen molar-refractivity contribution in [1.29, 1.82) is 0 Å². The van der Waals surface area contributed by atoms with Gasteiger partial charge < -0.3 is 9.47 Å². The Hall–Kier alpha value is -0.170. The Morgan fingerprint density at radius 1 is 1.05 bits per heavy atom. The van der Waals surface area contributed by atoms with Crippen LogP contribution in [-0.2, 0) is 23.8 Å². The highest BCUT2D eigenvalue weighted by atomic mass is 32.2. The minimum Gasteiger partial charge on any atom is -0.353 e. The van der Waals surface area contributed by atoms with Gasteiger partial charge in [0.15, 0.2) is 6.29 Å². The van der Waals surface area contributed by atoms with Gasteiger partial charge in [-0.05, 0) is 32.1 Å². The van der Waals surface area contributed by atoms with E-state index in [4.69, 9.17) is 9.47 Å². The Morgan fingerprint density at radius 2 is 1.74 bits per heavy atom. The Kier molecular flexibility index (Phi) is 8.61. The van der Waals surface area contributed by atoms with Gasteiger partial charge in [-0.1, -0.05) is 19.3 Å². The number of ether oxygens (including phenoxy) is 2. The van der Waals surface area contributed by atoms with Crippen molar-refractivity contribution in [2.75, 3.05) is 26.1 Å². The minimum absolute atomic E-state index is 0.0110. The van der Waals surface area contributed by atoms with Crippen LogP contribution in [0.4, 0.5) is 0 Å². The molecular formula is C13H26O5S. The molecule has 0 saturated carbocycles. The normalized spacial score (nSPS) is 20.6. The van der Waals surface area contributed by atoms with Crippen molar-refractivity contribution < 1.29 is 22.1 Å². The Morgan fingerprint density at radius 3 is 2.37 bits per heavy atom. The summed E-state index contributed by atoms with van der Waals surface area (Å²) in [6.07, 6.45) is 9.47. The van der Waals surface area contributed by atoms with E-state index in [0.717, 1.165) is 64.4 Å². The molecule has 0 radical (unpaired) electrons. The molecule has 19 heavy (non-hydrogen) atoms. The molecule has 1 saturated heterocycles. The zero-order valence-corrected chi connectivity index (χ0v) is 12.6. The first-order valence-electron chi connectivity index (χ1n) is 7.15. The van der Waals surface area contributed by atoms with E-state index in [1.54, 1.807) is 0 Å². The summed E-state index contributed by atoms with van der Waals surface area (Å²) in [5.74, 6) is 0. The summed E-state index contributed by atoms with van der Waals surface area (Å²) >= 11 is 0. The summed E-state index contributed by atoms with van der Waals surface area (Å²) in [6.45, 7) is 1.88. The van der Waals surface area contributed by atoms with Crippen LogP contribution in [0.25, 0.3) is 0 Å². The van der Waals surface area contributed by atoms with Crippen molar-refractivity contribution in [3.63, 3.8) is 0 Å². The van der Waals surface area contributed by atoms with Gasteiger partial charge in [0, 0.05) is 13.2 Å². The van der Waals surface area contributed by atoms with Gasteiger partial charge in [0.2, 0.25) is 0 Å². The molecule has 6 heteroatoms. The Balaban J connectivity index is 1.81. The maximum Gasteiger partial charge on any atom is 0.264 e. The van der Waals surface area contributed by atoms with E-state index in [0.29, 0.717) is 6.61 Å². The van der Waals surface area contributed by atoms with Gasteiger partial charge in [-0.15, -0.1) is 0 Å². The molecule has 1 aliphatic rings. The third-order valence-corrected chi connectivity index (χ3v) is 3.62. The highest BCUT2D eigenvalue weighted by Crippen LogP contribution is 2.14. The fourth-order valence-electron chi connectivity index (χ4n) is 2.00. The lowest BCUT2D eigenvalue weighted by Gasteiger charge is -2.22. The van der Waals surface area contributed by atoms with E-state index < -0.39 is 10.1 Å². The molecule has 0 aromatic rings. The zero-order chi connectivity index (χ0) is 14.0. The van der Waals surface area contributed by atoms with Crippen LogP contribution in [0.3, 0.4) is 0 Å². The molecule has 5 nitrogen and oxygen atoms in total. The molecule has 0 aliphatic carbocycles. The van der Waals surface area contributed by atoms with Crippen molar-refractivity contribution in [2.45, 2.75) is 57.7 Å². The van der Waals surface area contributed by atoms with Crippen LogP contribution in [0, 0.1) is 0 Å². The first kappa shape index (κ1) is 16.9. The monoisotopic (exact) mass is 294 g/mol. The van der Waals surface area contributed by atoms with Crippen LogP contribution >= 0.6 is 0 Å². The molecule has 0 spiro atoms. The second-order valence-electron chi connectivity index (χ2n) is 4.96. The van der Waals surface area contributed by atoms with Gasteiger partial charge in [-0.25, -0.2) is 0 Å². The molecule has 0 amide bonds. The van der Waals surface area contributed by atoms with Crippen molar-refractivity contribution in [3.8, 4) is 0 Å². The van der Waals surface area contributed by atoms with Gasteiger partial charge in [-0.3, -0.25) is 4.18 Å². The van der Waals surface area contributed by atoms with E-state index in [2.05, 4.69) is 4.18 Å². The first-order chi connectivity index (χ1) is 9.08. The molecule has 1 fully saturated rings. The average molecular weight is 294 g/mol. The summed E-state index contributed by atoms with van der Waals surface area (Å²) < 4.78 is 37.2. The smallest absolute Gasteiger partial charge is 0.264 e. The van der Waals surface area contributed by atoms with Gasteiger partial charge in [-0.2, -0.15) is 8.42 Å². The van der Waals surface area contributed by atoms with Gasteiger partial charge in [0.05, 0.1) is 12.9 Å². The maximum atomic E-state index is 10.7. The van der Waals surface area contributed by atoms with Crippen LogP contribution in [0.5, 0.6) is 0 Å². The lowest BCUT2D eigenvalue weighted by molar-refractivity contribution is -0.162. The maximum absolute atomic E-state index is 10.7. The zero-order valence-electron chi connectivity index (χ0n) is 11.8. The predicted octanol–water partition coefficient (Wildman–Crippen LogP) is 2.46. The molecule has 1 aliphatic heterocycles. The molecule has 1 rings (SSSR count). The molecule has 1 atom stereocenters. The van der Waals surface area contributed by atoms with E-state index in [9.17, 15) is 8.42 Å². The molecule has 114 valence electrons. The summed E-state index contributed by atoms with van der Waals surface area (Å²) in [4.78, 5) is 0. The van der Waals surface area contributed by atoms with Crippen molar-refractivity contribution in [1.82, 2.24) is 0 Å². The minimum atomic E-state index is -3.27. The van der Waals surface area contributed by atoms with Crippen LogP contribution in [0.2, 0.25) is 0 Å². The number of rotatable bonds is 10. The first-order valence-corrected chi connectivity index (χ1v) is 8.97. The Bertz CT molecular complexity index is 309. The average Bonchev–Trinajstić information content (AvgIpc) is 2.37. The number of hydrogen-bond acceptors (Lipinski definition) is 5.